The molecule has 4 heteroatoms. The molecule has 0 aliphatic heterocycles. The van der Waals surface area contributed by atoms with Crippen molar-refractivity contribution in [1.29, 1.82) is 0 Å². The number of rotatable bonds is 1. The van der Waals surface area contributed by atoms with Gasteiger partial charge in [0.2, 0.25) is 0 Å². The first-order chi connectivity index (χ1) is 4.20. The van der Waals surface area contributed by atoms with Crippen LogP contribution in [0.2, 0.25) is 0 Å². The molecule has 1 heterocycles. The van der Waals surface area contributed by atoms with Gasteiger partial charge in [0.05, 0.1) is 0 Å². The SMILES string of the molecule is Cc1nc(C(=O)Cl)co1. The third-order valence-corrected chi connectivity index (χ3v) is 1.01. The van der Waals surface area contributed by atoms with Crippen LogP contribution in [-0.4, -0.2) is 10.2 Å². The highest BCUT2D eigenvalue weighted by molar-refractivity contribution is 6.67. The van der Waals surface area contributed by atoms with Crippen LogP contribution in [0.5, 0.6) is 0 Å². The van der Waals surface area contributed by atoms with Crippen LogP contribution in [0.4, 0.5) is 0 Å². The molecule has 0 aliphatic rings. The Kier molecular flexibility index (Phi) is 1.53. The van der Waals surface area contributed by atoms with Gasteiger partial charge in [-0.15, -0.1) is 0 Å². The average Bonchev–Trinajstić information content (AvgIpc) is 2.14. The third kappa shape index (κ3) is 1.29. The molecule has 48 valence electrons. The number of oxazole rings is 1. The molecule has 0 fully saturated rings. The van der Waals surface area contributed by atoms with Crippen molar-refractivity contribution in [1.82, 2.24) is 4.98 Å². The minimum absolute atomic E-state index is 0.161. The molecule has 1 aromatic rings. The summed E-state index contributed by atoms with van der Waals surface area (Å²) in [5.41, 5.74) is 0.161. The van der Waals surface area contributed by atoms with Gasteiger partial charge < -0.3 is 4.42 Å². The van der Waals surface area contributed by atoms with Gasteiger partial charge in [0.15, 0.2) is 11.6 Å². The predicted octanol–water partition coefficient (Wildman–Crippen LogP) is 1.36. The molecule has 1 aromatic heterocycles. The maximum absolute atomic E-state index is 10.3. The maximum atomic E-state index is 10.3. The number of aromatic nitrogens is 1. The average molecular weight is 146 g/mol. The van der Waals surface area contributed by atoms with Crippen molar-refractivity contribution in [3.05, 3.63) is 17.8 Å². The molecule has 0 bridgehead atoms. The number of hydrogen-bond acceptors (Lipinski definition) is 3. The van der Waals surface area contributed by atoms with E-state index in [1.54, 1.807) is 6.92 Å². The monoisotopic (exact) mass is 145 g/mol. The first-order valence-electron chi connectivity index (χ1n) is 2.32. The van der Waals surface area contributed by atoms with E-state index in [1.807, 2.05) is 0 Å². The van der Waals surface area contributed by atoms with Crippen LogP contribution in [-0.2, 0) is 0 Å². The molecule has 0 radical (unpaired) electrons. The fourth-order valence-electron chi connectivity index (χ4n) is 0.454. The van der Waals surface area contributed by atoms with Gasteiger partial charge in [0.25, 0.3) is 5.24 Å². The highest BCUT2D eigenvalue weighted by Crippen LogP contribution is 2.02. The van der Waals surface area contributed by atoms with Crippen molar-refractivity contribution >= 4 is 16.8 Å². The molecule has 1 rings (SSSR count). The quantitative estimate of drug-likeness (QED) is 0.561. The summed E-state index contributed by atoms with van der Waals surface area (Å²) in [7, 11) is 0. The molecule has 0 atom stereocenters. The van der Waals surface area contributed by atoms with Crippen LogP contribution < -0.4 is 0 Å². The highest BCUT2D eigenvalue weighted by atomic mass is 35.5. The van der Waals surface area contributed by atoms with Crippen molar-refractivity contribution in [2.45, 2.75) is 6.92 Å². The van der Waals surface area contributed by atoms with Gasteiger partial charge >= 0.3 is 0 Å². The fraction of sp³-hybridized carbons (Fsp3) is 0.200. The van der Waals surface area contributed by atoms with Gasteiger partial charge in [-0.05, 0) is 11.6 Å². The Hall–Kier alpha value is -0.830. The van der Waals surface area contributed by atoms with Gasteiger partial charge in [-0.1, -0.05) is 0 Å². The maximum Gasteiger partial charge on any atom is 0.274 e. The van der Waals surface area contributed by atoms with E-state index in [2.05, 4.69) is 4.98 Å². The number of aryl methyl sites for hydroxylation is 1. The lowest BCUT2D eigenvalue weighted by Crippen LogP contribution is -1.86. The predicted molar refractivity (Wildman–Crippen MR) is 31.4 cm³/mol. The summed E-state index contributed by atoms with van der Waals surface area (Å²) in [5, 5.41) is -0.591. The van der Waals surface area contributed by atoms with Crippen molar-refractivity contribution in [3.63, 3.8) is 0 Å². The van der Waals surface area contributed by atoms with Gasteiger partial charge in [0.1, 0.15) is 6.26 Å². The molecule has 0 saturated heterocycles. The Morgan fingerprint density at radius 1 is 1.89 bits per heavy atom. The third-order valence-electron chi connectivity index (χ3n) is 0.820. The zero-order valence-corrected chi connectivity index (χ0v) is 5.47. The lowest BCUT2D eigenvalue weighted by molar-refractivity contribution is 0.107. The van der Waals surface area contributed by atoms with E-state index in [0.29, 0.717) is 5.89 Å². The fourth-order valence-corrected chi connectivity index (χ4v) is 0.541. The molecule has 0 unspecified atom stereocenters. The van der Waals surface area contributed by atoms with E-state index >= 15 is 0 Å². The second-order valence-corrected chi connectivity index (χ2v) is 1.87. The first-order valence-corrected chi connectivity index (χ1v) is 2.70. The largest absolute Gasteiger partial charge is 0.448 e. The van der Waals surface area contributed by atoms with E-state index in [-0.39, 0.29) is 5.69 Å². The van der Waals surface area contributed by atoms with Crippen LogP contribution in [0, 0.1) is 6.92 Å². The standard InChI is InChI=1S/C5H4ClNO2/c1-3-7-4(2-9-3)5(6)8/h2H,1H3. The number of halogens is 1. The van der Waals surface area contributed by atoms with Gasteiger partial charge in [-0.3, -0.25) is 4.79 Å². The molecule has 0 N–H and O–H groups in total. The summed E-state index contributed by atoms with van der Waals surface area (Å²) in [4.78, 5) is 14.0. The molecule has 0 aromatic carbocycles. The van der Waals surface area contributed by atoms with E-state index < -0.39 is 5.24 Å². The summed E-state index contributed by atoms with van der Waals surface area (Å²) < 4.78 is 4.71. The Morgan fingerprint density at radius 2 is 2.56 bits per heavy atom. The number of hydrogen-bond donors (Lipinski definition) is 0. The first kappa shape index (κ1) is 6.29. The normalized spacial score (nSPS) is 9.56. The smallest absolute Gasteiger partial charge is 0.274 e. The van der Waals surface area contributed by atoms with Crippen molar-refractivity contribution < 1.29 is 9.21 Å². The molecular formula is C5H4ClNO2. The molecule has 0 spiro atoms. The van der Waals surface area contributed by atoms with Crippen molar-refractivity contribution in [2.24, 2.45) is 0 Å². The van der Waals surface area contributed by atoms with Gasteiger partial charge in [-0.2, -0.15) is 0 Å². The second-order valence-electron chi connectivity index (χ2n) is 1.53. The summed E-state index contributed by atoms with van der Waals surface area (Å²) in [5.74, 6) is 0.444. The second kappa shape index (κ2) is 2.19. The van der Waals surface area contributed by atoms with Crippen LogP contribution in [0.25, 0.3) is 0 Å². The van der Waals surface area contributed by atoms with Crippen LogP contribution in [0.3, 0.4) is 0 Å². The number of nitrogens with zero attached hydrogens (tertiary/aromatic N) is 1. The summed E-state index contributed by atoms with van der Waals surface area (Å²) >= 11 is 5.06. The summed E-state index contributed by atoms with van der Waals surface area (Å²) in [6.07, 6.45) is 1.23. The van der Waals surface area contributed by atoms with Gasteiger partial charge in [-0.25, -0.2) is 4.98 Å². The van der Waals surface area contributed by atoms with Crippen LogP contribution in [0.15, 0.2) is 10.7 Å². The summed E-state index contributed by atoms with van der Waals surface area (Å²) in [6.45, 7) is 1.64. The minimum atomic E-state index is -0.591. The van der Waals surface area contributed by atoms with Crippen molar-refractivity contribution in [2.75, 3.05) is 0 Å². The van der Waals surface area contributed by atoms with Gasteiger partial charge in [0, 0.05) is 6.92 Å². The highest BCUT2D eigenvalue weighted by Gasteiger charge is 2.05. The number of carbonyl (C=O) groups is 1. The van der Waals surface area contributed by atoms with Crippen LogP contribution >= 0.6 is 11.6 Å². The summed E-state index contributed by atoms with van der Waals surface area (Å²) in [6, 6.07) is 0. The Morgan fingerprint density at radius 3 is 2.78 bits per heavy atom. The van der Waals surface area contributed by atoms with Crippen LogP contribution in [0.1, 0.15) is 16.4 Å². The molecule has 0 aliphatic carbocycles. The van der Waals surface area contributed by atoms with E-state index in [0.717, 1.165) is 0 Å². The van der Waals surface area contributed by atoms with E-state index in [4.69, 9.17) is 16.0 Å². The molecular weight excluding hydrogens is 142 g/mol. The minimum Gasteiger partial charge on any atom is -0.448 e. The van der Waals surface area contributed by atoms with E-state index in [9.17, 15) is 4.79 Å². The molecule has 0 saturated carbocycles. The zero-order valence-electron chi connectivity index (χ0n) is 4.72. The van der Waals surface area contributed by atoms with E-state index in [1.165, 1.54) is 6.26 Å². The Labute approximate surface area is 56.6 Å². The Bertz CT molecular complexity index is 231. The Balaban J connectivity index is 2.98. The zero-order chi connectivity index (χ0) is 6.85. The topological polar surface area (TPSA) is 43.1 Å². The number of carbonyl (C=O) groups excluding carboxylic acids is 1. The molecule has 3 nitrogen and oxygen atoms in total. The molecule has 9 heavy (non-hydrogen) atoms. The van der Waals surface area contributed by atoms with Crippen molar-refractivity contribution in [3.8, 4) is 0 Å². The molecule has 0 amide bonds. The lowest BCUT2D eigenvalue weighted by atomic mass is 10.5. The lowest BCUT2D eigenvalue weighted by Gasteiger charge is -1.74.